The second kappa shape index (κ2) is 10.0. The van der Waals surface area contributed by atoms with Crippen LogP contribution in [0.5, 0.6) is 0 Å². The molecule has 0 radical (unpaired) electrons. The van der Waals surface area contributed by atoms with Gasteiger partial charge in [-0.3, -0.25) is 9.69 Å². The molecular formula is C24H30N8OS. The van der Waals surface area contributed by atoms with Crippen LogP contribution in [0.3, 0.4) is 0 Å². The highest BCUT2D eigenvalue weighted by atomic mass is 32.1. The molecule has 2 aliphatic heterocycles. The Bertz CT molecular complexity index is 1140. The van der Waals surface area contributed by atoms with E-state index in [9.17, 15) is 4.79 Å². The number of nitrogens with one attached hydrogen (secondary N) is 2. The highest BCUT2D eigenvalue weighted by Gasteiger charge is 2.25. The molecule has 0 aromatic carbocycles. The normalized spacial score (nSPS) is 19.4. The number of pyridine rings is 2. The van der Waals surface area contributed by atoms with Crippen molar-refractivity contribution in [3.05, 3.63) is 48.7 Å². The van der Waals surface area contributed by atoms with Gasteiger partial charge in [-0.2, -0.15) is 0 Å². The molecule has 9 nitrogen and oxygen atoms in total. The number of aromatic nitrogens is 3. The van der Waals surface area contributed by atoms with E-state index in [-0.39, 0.29) is 11.9 Å². The number of anilines is 3. The number of likely N-dealkylation sites (N-methyl/N-ethyl adjacent to an activating group) is 1. The van der Waals surface area contributed by atoms with E-state index in [1.54, 1.807) is 6.20 Å². The average molecular weight is 479 g/mol. The van der Waals surface area contributed by atoms with Gasteiger partial charge in [0.1, 0.15) is 22.0 Å². The lowest BCUT2D eigenvalue weighted by Crippen LogP contribution is -2.43. The molecule has 10 heteroatoms. The van der Waals surface area contributed by atoms with Crippen LogP contribution in [0.1, 0.15) is 12.0 Å². The van der Waals surface area contributed by atoms with Crippen molar-refractivity contribution in [3.63, 3.8) is 0 Å². The zero-order chi connectivity index (χ0) is 23.5. The molecule has 2 fully saturated rings. The number of hydrogen-bond donors (Lipinski definition) is 2. The van der Waals surface area contributed by atoms with E-state index in [1.807, 2.05) is 17.0 Å². The topological polar surface area (TPSA) is 89.5 Å². The lowest BCUT2D eigenvalue weighted by molar-refractivity contribution is -0.125. The van der Waals surface area contributed by atoms with Crippen LogP contribution < -0.4 is 10.6 Å². The smallest absolute Gasteiger partial charge is 0.246 e. The Morgan fingerprint density at radius 1 is 1.21 bits per heavy atom. The largest absolute Gasteiger partial charge is 0.365 e. The van der Waals surface area contributed by atoms with Crippen LogP contribution in [0.2, 0.25) is 0 Å². The Balaban J connectivity index is 1.35. The monoisotopic (exact) mass is 478 g/mol. The Morgan fingerprint density at radius 2 is 2.03 bits per heavy atom. The molecule has 1 amide bonds. The fourth-order valence-corrected chi connectivity index (χ4v) is 5.24. The zero-order valence-corrected chi connectivity index (χ0v) is 20.2. The third kappa shape index (κ3) is 5.35. The molecule has 5 heterocycles. The van der Waals surface area contributed by atoms with Crippen molar-refractivity contribution in [2.45, 2.75) is 19.0 Å². The first-order valence-electron chi connectivity index (χ1n) is 11.6. The van der Waals surface area contributed by atoms with Gasteiger partial charge in [0, 0.05) is 58.1 Å². The van der Waals surface area contributed by atoms with Crippen molar-refractivity contribution < 1.29 is 4.79 Å². The molecule has 0 spiro atoms. The fourth-order valence-electron chi connectivity index (χ4n) is 4.43. The number of piperazine rings is 1. The molecule has 5 rings (SSSR count). The summed E-state index contributed by atoms with van der Waals surface area (Å²) in [6.07, 6.45) is 4.05. The molecule has 1 atom stereocenters. The number of nitrogens with zero attached hydrogens (tertiary/aromatic N) is 6. The van der Waals surface area contributed by atoms with Gasteiger partial charge in [0.05, 0.1) is 0 Å². The van der Waals surface area contributed by atoms with Crippen molar-refractivity contribution in [2.75, 3.05) is 56.9 Å². The fraction of sp³-hybridized carbons (Fsp3) is 0.417. The average Bonchev–Trinajstić information content (AvgIpc) is 3.46. The van der Waals surface area contributed by atoms with Crippen LogP contribution in [0, 0.1) is 0 Å². The predicted molar refractivity (Wildman–Crippen MR) is 137 cm³/mol. The molecule has 3 aromatic heterocycles. The maximum atomic E-state index is 12.0. The first kappa shape index (κ1) is 22.7. The number of hydrogen-bond acceptors (Lipinski definition) is 9. The lowest BCUT2D eigenvalue weighted by Gasteiger charge is -2.32. The number of thiazole rings is 1. The second-order valence-corrected chi connectivity index (χ2v) is 9.89. The Morgan fingerprint density at radius 3 is 2.82 bits per heavy atom. The van der Waals surface area contributed by atoms with Gasteiger partial charge in [0.15, 0.2) is 5.13 Å². The highest BCUT2D eigenvalue weighted by Crippen LogP contribution is 2.28. The van der Waals surface area contributed by atoms with Crippen LogP contribution in [-0.4, -0.2) is 87.9 Å². The van der Waals surface area contributed by atoms with Crippen molar-refractivity contribution >= 4 is 44.4 Å². The number of rotatable bonds is 7. The number of likely N-dealkylation sites (tertiary alicyclic amines) is 1. The molecule has 3 aromatic rings. The molecule has 0 unspecified atom stereocenters. The summed E-state index contributed by atoms with van der Waals surface area (Å²) in [5.74, 6) is 1.55. The highest BCUT2D eigenvalue weighted by molar-refractivity contribution is 7.21. The number of carbonyl (C=O) groups is 1. The summed E-state index contributed by atoms with van der Waals surface area (Å²) in [5.41, 5.74) is 2.07. The van der Waals surface area contributed by atoms with E-state index < -0.39 is 0 Å². The third-order valence-electron chi connectivity index (χ3n) is 6.32. The van der Waals surface area contributed by atoms with Gasteiger partial charge < -0.3 is 20.4 Å². The first-order valence-corrected chi connectivity index (χ1v) is 12.5. The Hall–Kier alpha value is -3.08. The molecule has 0 saturated carbocycles. The summed E-state index contributed by atoms with van der Waals surface area (Å²) >= 11 is 1.52. The molecular weight excluding hydrogens is 448 g/mol. The van der Waals surface area contributed by atoms with Crippen LogP contribution >= 0.6 is 11.3 Å². The minimum Gasteiger partial charge on any atom is -0.365 e. The van der Waals surface area contributed by atoms with Gasteiger partial charge in [-0.05, 0) is 49.4 Å². The van der Waals surface area contributed by atoms with Gasteiger partial charge in [0.2, 0.25) is 5.91 Å². The number of amides is 1. The van der Waals surface area contributed by atoms with E-state index in [2.05, 4.69) is 56.2 Å². The summed E-state index contributed by atoms with van der Waals surface area (Å²) < 4.78 is 0. The standard InChI is InChI=1S/C24H30N8OS/c1-3-22(33)32-8-6-18(16-32)26-20-13-17(15-31-11-9-30(2)10-12-31)14-21(28-20)29-24-27-19-5-4-7-25-23(19)34-24/h3-5,7,13-14,18H,1,6,8-12,15-16H2,2H3,(H2,26,27,28,29)/t18-/m0/s1. The summed E-state index contributed by atoms with van der Waals surface area (Å²) in [6, 6.07) is 8.25. The molecule has 34 heavy (non-hydrogen) atoms. The van der Waals surface area contributed by atoms with Gasteiger partial charge in [0.25, 0.3) is 0 Å². The lowest BCUT2D eigenvalue weighted by atomic mass is 10.2. The molecule has 2 aliphatic rings. The van der Waals surface area contributed by atoms with Crippen LogP contribution in [-0.2, 0) is 11.3 Å². The first-order chi connectivity index (χ1) is 16.6. The quantitative estimate of drug-likeness (QED) is 0.501. The SMILES string of the molecule is C=CC(=O)N1CC[C@H](Nc2cc(CN3CCN(C)CC3)cc(Nc3nc4cccnc4s3)n2)C1. The zero-order valence-electron chi connectivity index (χ0n) is 19.4. The Kier molecular flexibility index (Phi) is 6.70. The van der Waals surface area contributed by atoms with Crippen LogP contribution in [0.4, 0.5) is 16.8 Å². The van der Waals surface area contributed by atoms with Gasteiger partial charge >= 0.3 is 0 Å². The van der Waals surface area contributed by atoms with E-state index in [0.29, 0.717) is 6.54 Å². The predicted octanol–water partition coefficient (Wildman–Crippen LogP) is 2.78. The van der Waals surface area contributed by atoms with Gasteiger partial charge in [-0.15, -0.1) is 0 Å². The third-order valence-corrected chi connectivity index (χ3v) is 7.21. The van der Waals surface area contributed by atoms with E-state index in [1.165, 1.54) is 23.0 Å². The minimum atomic E-state index is -0.0205. The van der Waals surface area contributed by atoms with Gasteiger partial charge in [-0.25, -0.2) is 15.0 Å². The van der Waals surface area contributed by atoms with Crippen molar-refractivity contribution in [1.29, 1.82) is 0 Å². The number of fused-ring (bicyclic) bond motifs is 1. The summed E-state index contributed by atoms with van der Waals surface area (Å²) in [7, 11) is 2.17. The van der Waals surface area contributed by atoms with Crippen molar-refractivity contribution in [3.8, 4) is 0 Å². The maximum absolute atomic E-state index is 12.0. The van der Waals surface area contributed by atoms with E-state index in [0.717, 1.165) is 72.8 Å². The molecule has 0 bridgehead atoms. The second-order valence-electron chi connectivity index (χ2n) is 8.92. The molecule has 2 saturated heterocycles. The molecule has 2 N–H and O–H groups in total. The summed E-state index contributed by atoms with van der Waals surface area (Å²) in [4.78, 5) is 33.4. The van der Waals surface area contributed by atoms with E-state index >= 15 is 0 Å². The molecule has 0 aliphatic carbocycles. The van der Waals surface area contributed by atoms with E-state index in [4.69, 9.17) is 4.98 Å². The van der Waals surface area contributed by atoms with Crippen LogP contribution in [0.15, 0.2) is 43.1 Å². The summed E-state index contributed by atoms with van der Waals surface area (Å²) in [5, 5.41) is 7.71. The summed E-state index contributed by atoms with van der Waals surface area (Å²) in [6.45, 7) is 10.1. The number of carbonyl (C=O) groups excluding carboxylic acids is 1. The van der Waals surface area contributed by atoms with Crippen molar-refractivity contribution in [2.24, 2.45) is 0 Å². The van der Waals surface area contributed by atoms with Gasteiger partial charge in [-0.1, -0.05) is 17.9 Å². The maximum Gasteiger partial charge on any atom is 0.246 e. The molecule has 178 valence electrons. The Labute approximate surface area is 203 Å². The van der Waals surface area contributed by atoms with Crippen molar-refractivity contribution in [1.82, 2.24) is 29.7 Å². The minimum absolute atomic E-state index is 0.0205. The van der Waals surface area contributed by atoms with Crippen LogP contribution in [0.25, 0.3) is 10.3 Å².